The third-order valence-electron chi connectivity index (χ3n) is 3.98. The molecule has 7 N–H and O–H groups in total. The first-order chi connectivity index (χ1) is 13.0. The fraction of sp³-hybridized carbons (Fsp3) is 0.105. The van der Waals surface area contributed by atoms with Crippen molar-refractivity contribution in [3.63, 3.8) is 0 Å². The summed E-state index contributed by atoms with van der Waals surface area (Å²) in [5.74, 6) is 6.00. The van der Waals surface area contributed by atoms with Crippen LogP contribution in [0.4, 0.5) is 21.7 Å². The number of nitrogen functional groups attached to an aromatic ring is 3. The second kappa shape index (κ2) is 7.79. The topological polar surface area (TPSA) is 121 Å². The molecule has 0 atom stereocenters. The minimum atomic E-state index is -0.418. The first-order valence-electron chi connectivity index (χ1n) is 8.10. The average Bonchev–Trinajstić information content (AvgIpc) is 2.68. The molecule has 0 aliphatic heterocycles. The van der Waals surface area contributed by atoms with Gasteiger partial charge in [0.2, 0.25) is 0 Å². The first kappa shape index (κ1) is 18.3. The van der Waals surface area contributed by atoms with Crippen LogP contribution in [-0.4, -0.2) is 12.1 Å². The number of hydrogen-bond acceptors (Lipinski definition) is 7. The molecule has 1 heterocycles. The molecule has 1 aromatic heterocycles. The number of rotatable bonds is 6. The average molecular weight is 369 g/mol. The van der Waals surface area contributed by atoms with Gasteiger partial charge >= 0.3 is 0 Å². The van der Waals surface area contributed by atoms with Gasteiger partial charge in [-0.1, -0.05) is 24.3 Å². The van der Waals surface area contributed by atoms with E-state index in [2.05, 4.69) is 10.4 Å². The molecular weight excluding hydrogens is 349 g/mol. The highest BCUT2D eigenvalue weighted by molar-refractivity contribution is 5.71. The van der Waals surface area contributed by atoms with E-state index in [9.17, 15) is 4.39 Å². The Morgan fingerprint density at radius 1 is 1.04 bits per heavy atom. The van der Waals surface area contributed by atoms with E-state index in [1.807, 2.05) is 24.3 Å². The molecule has 7 nitrogen and oxygen atoms in total. The van der Waals surface area contributed by atoms with Gasteiger partial charge in [0.25, 0.3) is 0 Å². The zero-order valence-corrected chi connectivity index (χ0v) is 14.7. The lowest BCUT2D eigenvalue weighted by atomic mass is 10.0. The van der Waals surface area contributed by atoms with E-state index in [-0.39, 0.29) is 29.7 Å². The fourth-order valence-corrected chi connectivity index (χ4v) is 2.63. The standard InChI is InChI=1S/C19H20FN5O2/c1-26-15-6-5-13(8-14(15)20)12-4-2-3-11(7-12)10-27-16-9-17(21)24-19(25-23)18(16)22/h2-9H,10,22-23H2,1H3,(H3,21,24,25). The van der Waals surface area contributed by atoms with Crippen LogP contribution >= 0.6 is 0 Å². The molecule has 27 heavy (non-hydrogen) atoms. The Labute approximate surface area is 155 Å². The number of pyridine rings is 1. The number of anilines is 3. The Morgan fingerprint density at radius 2 is 1.81 bits per heavy atom. The molecule has 0 aliphatic carbocycles. The van der Waals surface area contributed by atoms with Gasteiger partial charge in [-0.2, -0.15) is 0 Å². The van der Waals surface area contributed by atoms with E-state index in [4.69, 9.17) is 26.8 Å². The van der Waals surface area contributed by atoms with E-state index < -0.39 is 5.82 Å². The lowest BCUT2D eigenvalue weighted by Crippen LogP contribution is -2.13. The van der Waals surface area contributed by atoms with Crippen LogP contribution in [0.3, 0.4) is 0 Å². The van der Waals surface area contributed by atoms with Gasteiger partial charge < -0.3 is 26.4 Å². The van der Waals surface area contributed by atoms with Crippen molar-refractivity contribution in [3.8, 4) is 22.6 Å². The van der Waals surface area contributed by atoms with E-state index >= 15 is 0 Å². The monoisotopic (exact) mass is 369 g/mol. The number of aromatic nitrogens is 1. The van der Waals surface area contributed by atoms with Crippen molar-refractivity contribution in [2.24, 2.45) is 5.84 Å². The van der Waals surface area contributed by atoms with Crippen LogP contribution in [0.1, 0.15) is 5.56 Å². The lowest BCUT2D eigenvalue weighted by Gasteiger charge is -2.13. The largest absolute Gasteiger partial charge is 0.494 e. The summed E-state index contributed by atoms with van der Waals surface area (Å²) in [6.45, 7) is 0.240. The highest BCUT2D eigenvalue weighted by Gasteiger charge is 2.10. The molecule has 0 amide bonds. The van der Waals surface area contributed by atoms with Gasteiger partial charge in [-0.05, 0) is 34.9 Å². The van der Waals surface area contributed by atoms with E-state index in [0.29, 0.717) is 5.75 Å². The summed E-state index contributed by atoms with van der Waals surface area (Å²) in [5, 5.41) is 0. The normalized spacial score (nSPS) is 10.5. The number of nitrogens with one attached hydrogen (secondary N) is 1. The molecule has 0 aliphatic rings. The van der Waals surface area contributed by atoms with Crippen LogP contribution in [0.2, 0.25) is 0 Å². The molecule has 0 saturated carbocycles. The molecule has 0 saturated heterocycles. The lowest BCUT2D eigenvalue weighted by molar-refractivity contribution is 0.308. The van der Waals surface area contributed by atoms with Crippen molar-refractivity contribution in [1.29, 1.82) is 0 Å². The molecule has 0 spiro atoms. The molecule has 8 heteroatoms. The third kappa shape index (κ3) is 4.01. The minimum Gasteiger partial charge on any atom is -0.494 e. The Balaban J connectivity index is 1.81. The predicted molar refractivity (Wildman–Crippen MR) is 104 cm³/mol. The van der Waals surface area contributed by atoms with Crippen LogP contribution in [0.5, 0.6) is 11.5 Å². The summed E-state index contributed by atoms with van der Waals surface area (Å²) in [6.07, 6.45) is 0. The van der Waals surface area contributed by atoms with Gasteiger partial charge in [0, 0.05) is 6.07 Å². The zero-order valence-electron chi connectivity index (χ0n) is 14.7. The van der Waals surface area contributed by atoms with Crippen molar-refractivity contribution in [3.05, 3.63) is 59.9 Å². The summed E-state index contributed by atoms with van der Waals surface area (Å²) in [5.41, 5.74) is 16.8. The second-order valence-corrected chi connectivity index (χ2v) is 5.79. The number of ether oxygens (including phenoxy) is 2. The van der Waals surface area contributed by atoms with E-state index in [0.717, 1.165) is 16.7 Å². The molecule has 0 bridgehead atoms. The summed E-state index contributed by atoms with van der Waals surface area (Å²) in [6, 6.07) is 13.9. The Bertz CT molecular complexity index is 965. The van der Waals surface area contributed by atoms with Crippen molar-refractivity contribution in [2.75, 3.05) is 24.0 Å². The van der Waals surface area contributed by atoms with Gasteiger partial charge in [-0.3, -0.25) is 0 Å². The van der Waals surface area contributed by atoms with E-state index in [1.165, 1.54) is 19.2 Å². The van der Waals surface area contributed by atoms with Crippen LogP contribution in [0, 0.1) is 5.82 Å². The predicted octanol–water partition coefficient (Wildman–Crippen LogP) is 2.93. The van der Waals surface area contributed by atoms with Crippen molar-refractivity contribution in [2.45, 2.75) is 6.61 Å². The maximum atomic E-state index is 14.0. The molecule has 2 aromatic carbocycles. The number of nitrogens with two attached hydrogens (primary N) is 3. The van der Waals surface area contributed by atoms with Crippen LogP contribution in [0.25, 0.3) is 11.1 Å². The number of halogens is 1. The SMILES string of the molecule is COc1ccc(-c2cccc(COc3cc(N)nc(NN)c3N)c2)cc1F. The maximum Gasteiger partial charge on any atom is 0.169 e. The molecule has 140 valence electrons. The summed E-state index contributed by atoms with van der Waals surface area (Å²) < 4.78 is 24.7. The maximum absolute atomic E-state index is 14.0. The van der Waals surface area contributed by atoms with Crippen LogP contribution < -0.4 is 32.2 Å². The Hall–Kier alpha value is -3.52. The first-order valence-corrected chi connectivity index (χ1v) is 8.10. The number of methoxy groups -OCH3 is 1. The molecule has 3 rings (SSSR count). The Kier molecular flexibility index (Phi) is 5.28. The van der Waals surface area contributed by atoms with Crippen molar-refractivity contribution in [1.82, 2.24) is 4.98 Å². The molecule has 0 unspecified atom stereocenters. The quantitative estimate of drug-likeness (QED) is 0.389. The summed E-state index contributed by atoms with van der Waals surface area (Å²) in [7, 11) is 1.43. The minimum absolute atomic E-state index is 0.202. The number of nitrogens with zero attached hydrogens (tertiary/aromatic N) is 1. The van der Waals surface area contributed by atoms with Gasteiger partial charge in [-0.15, -0.1) is 0 Å². The van der Waals surface area contributed by atoms with Crippen LogP contribution in [-0.2, 0) is 6.61 Å². The molecule has 3 aromatic rings. The van der Waals surface area contributed by atoms with Crippen molar-refractivity contribution >= 4 is 17.3 Å². The number of hydrogen-bond donors (Lipinski definition) is 4. The third-order valence-corrected chi connectivity index (χ3v) is 3.98. The number of benzene rings is 2. The van der Waals surface area contributed by atoms with E-state index in [1.54, 1.807) is 12.1 Å². The van der Waals surface area contributed by atoms with Crippen LogP contribution in [0.15, 0.2) is 48.5 Å². The van der Waals surface area contributed by atoms with Gasteiger partial charge in [0.15, 0.2) is 17.4 Å². The molecule has 0 radical (unpaired) electrons. The second-order valence-electron chi connectivity index (χ2n) is 5.79. The smallest absolute Gasteiger partial charge is 0.169 e. The molecule has 0 fully saturated rings. The highest BCUT2D eigenvalue weighted by atomic mass is 19.1. The summed E-state index contributed by atoms with van der Waals surface area (Å²) >= 11 is 0. The highest BCUT2D eigenvalue weighted by Crippen LogP contribution is 2.31. The van der Waals surface area contributed by atoms with Gasteiger partial charge in [0.05, 0.1) is 7.11 Å². The van der Waals surface area contributed by atoms with Gasteiger partial charge in [-0.25, -0.2) is 15.2 Å². The number of hydrazine groups is 1. The van der Waals surface area contributed by atoms with Crippen molar-refractivity contribution < 1.29 is 13.9 Å². The molecular formula is C19H20FN5O2. The Morgan fingerprint density at radius 3 is 2.52 bits per heavy atom. The summed E-state index contributed by atoms with van der Waals surface area (Å²) in [4.78, 5) is 3.97. The fourth-order valence-electron chi connectivity index (χ4n) is 2.63. The zero-order chi connectivity index (χ0) is 19.4. The van der Waals surface area contributed by atoms with Gasteiger partial charge in [0.1, 0.15) is 23.9 Å².